The molecule has 3 rings (SSSR count). The summed E-state index contributed by atoms with van der Waals surface area (Å²) in [4.78, 5) is 27.6. The number of ketones is 1. The van der Waals surface area contributed by atoms with Crippen molar-refractivity contribution in [1.82, 2.24) is 4.98 Å². The van der Waals surface area contributed by atoms with Gasteiger partial charge in [-0.3, -0.25) is 9.59 Å². The van der Waals surface area contributed by atoms with Crippen molar-refractivity contribution in [1.29, 1.82) is 0 Å². The fraction of sp³-hybridized carbons (Fsp3) is 0.238. The first-order valence-corrected chi connectivity index (χ1v) is 8.53. The largest absolute Gasteiger partial charge is 0.497 e. The summed E-state index contributed by atoms with van der Waals surface area (Å²) in [6, 6.07) is 13.1. The van der Waals surface area contributed by atoms with Crippen LogP contribution in [0, 0.1) is 0 Å². The number of fused-ring (bicyclic) bond motifs is 1. The Labute approximate surface area is 151 Å². The molecule has 0 fully saturated rings. The number of methoxy groups -OCH3 is 1. The van der Waals surface area contributed by atoms with Gasteiger partial charge in [-0.1, -0.05) is 37.3 Å². The topological polar surface area (TPSA) is 68.4 Å². The van der Waals surface area contributed by atoms with E-state index in [1.807, 2.05) is 30.3 Å². The highest BCUT2D eigenvalue weighted by molar-refractivity contribution is 6.09. The number of ether oxygens (including phenoxy) is 2. The van der Waals surface area contributed by atoms with Crippen LogP contribution in [0.15, 0.2) is 48.7 Å². The lowest BCUT2D eigenvalue weighted by molar-refractivity contribution is -0.141. The number of aromatic amines is 1. The van der Waals surface area contributed by atoms with Gasteiger partial charge in [-0.15, -0.1) is 0 Å². The lowest BCUT2D eigenvalue weighted by atomic mass is 10.1. The van der Waals surface area contributed by atoms with Crippen LogP contribution in [0.3, 0.4) is 0 Å². The fourth-order valence-electron chi connectivity index (χ4n) is 2.97. The summed E-state index contributed by atoms with van der Waals surface area (Å²) in [7, 11) is 1.57. The minimum atomic E-state index is -0.444. The van der Waals surface area contributed by atoms with E-state index in [-0.39, 0.29) is 18.8 Å². The molecule has 0 unspecified atom stereocenters. The number of H-pyrrole nitrogens is 1. The summed E-state index contributed by atoms with van der Waals surface area (Å²) in [5, 5.41) is 0.859. The molecule has 0 saturated heterocycles. The van der Waals surface area contributed by atoms with Crippen LogP contribution in [0.5, 0.6) is 5.75 Å². The summed E-state index contributed by atoms with van der Waals surface area (Å²) >= 11 is 0. The molecule has 5 heteroatoms. The van der Waals surface area contributed by atoms with Gasteiger partial charge < -0.3 is 14.5 Å². The van der Waals surface area contributed by atoms with E-state index >= 15 is 0 Å². The van der Waals surface area contributed by atoms with Crippen molar-refractivity contribution in [2.75, 3.05) is 13.7 Å². The lowest BCUT2D eigenvalue weighted by Gasteiger charge is -2.06. The quantitative estimate of drug-likeness (QED) is 0.520. The van der Waals surface area contributed by atoms with E-state index in [4.69, 9.17) is 9.47 Å². The smallest absolute Gasteiger partial charge is 0.310 e. The Kier molecular flexibility index (Phi) is 5.37. The second-order valence-corrected chi connectivity index (χ2v) is 6.01. The maximum absolute atomic E-state index is 12.5. The molecule has 5 nitrogen and oxygen atoms in total. The van der Waals surface area contributed by atoms with Gasteiger partial charge in [-0.2, -0.15) is 0 Å². The van der Waals surface area contributed by atoms with Gasteiger partial charge in [0.1, 0.15) is 5.75 Å². The second-order valence-electron chi connectivity index (χ2n) is 6.01. The molecule has 0 aliphatic heterocycles. The Morgan fingerprint density at radius 3 is 2.69 bits per heavy atom. The molecule has 0 atom stereocenters. The predicted molar refractivity (Wildman–Crippen MR) is 99.7 cm³/mol. The molecule has 0 amide bonds. The number of para-hydroxylation sites is 1. The third kappa shape index (κ3) is 3.77. The summed E-state index contributed by atoms with van der Waals surface area (Å²) in [6.07, 6.45) is 2.65. The Bertz CT molecular complexity index is 942. The van der Waals surface area contributed by atoms with Crippen molar-refractivity contribution in [2.45, 2.75) is 19.8 Å². The van der Waals surface area contributed by atoms with Crippen molar-refractivity contribution >= 4 is 22.7 Å². The number of esters is 1. The Morgan fingerprint density at radius 1 is 1.12 bits per heavy atom. The SMILES string of the molecule is CCc1cccc2c(C(=O)COC(=O)Cc3cccc(OC)c3)c[nH]c12. The zero-order chi connectivity index (χ0) is 18.5. The Balaban J connectivity index is 1.64. The molecule has 1 heterocycles. The van der Waals surface area contributed by atoms with Gasteiger partial charge in [0.25, 0.3) is 0 Å². The summed E-state index contributed by atoms with van der Waals surface area (Å²) in [5.41, 5.74) is 3.43. The van der Waals surface area contributed by atoms with E-state index in [2.05, 4.69) is 11.9 Å². The molecule has 0 bridgehead atoms. The van der Waals surface area contributed by atoms with Crippen LogP contribution >= 0.6 is 0 Å². The lowest BCUT2D eigenvalue weighted by Crippen LogP contribution is -2.15. The molecule has 0 radical (unpaired) electrons. The van der Waals surface area contributed by atoms with Crippen LogP contribution in [0.25, 0.3) is 10.9 Å². The molecule has 3 aromatic rings. The molecule has 1 N–H and O–H groups in total. The van der Waals surface area contributed by atoms with Crippen LogP contribution in [-0.2, 0) is 22.4 Å². The number of benzene rings is 2. The molecular formula is C21H21NO4. The zero-order valence-corrected chi connectivity index (χ0v) is 14.9. The Hall–Kier alpha value is -3.08. The number of hydrogen-bond donors (Lipinski definition) is 1. The highest BCUT2D eigenvalue weighted by Gasteiger charge is 2.15. The third-order valence-corrected chi connectivity index (χ3v) is 4.33. The zero-order valence-electron chi connectivity index (χ0n) is 14.9. The molecule has 26 heavy (non-hydrogen) atoms. The van der Waals surface area contributed by atoms with Gasteiger partial charge in [0.2, 0.25) is 5.78 Å². The first-order valence-electron chi connectivity index (χ1n) is 8.53. The number of Topliss-reactive ketones (excluding diaryl/α,β-unsaturated/α-hetero) is 1. The molecule has 0 spiro atoms. The van der Waals surface area contributed by atoms with Crippen molar-refractivity contribution in [2.24, 2.45) is 0 Å². The first-order chi connectivity index (χ1) is 12.6. The van der Waals surface area contributed by atoms with Gasteiger partial charge in [-0.05, 0) is 29.7 Å². The van der Waals surface area contributed by atoms with Crippen molar-refractivity contribution in [3.05, 3.63) is 65.4 Å². The molecule has 0 saturated carbocycles. The highest BCUT2D eigenvalue weighted by Crippen LogP contribution is 2.22. The van der Waals surface area contributed by atoms with Gasteiger partial charge in [0.15, 0.2) is 6.61 Å². The van der Waals surface area contributed by atoms with E-state index in [9.17, 15) is 9.59 Å². The van der Waals surface area contributed by atoms with E-state index < -0.39 is 5.97 Å². The highest BCUT2D eigenvalue weighted by atomic mass is 16.5. The van der Waals surface area contributed by atoms with Gasteiger partial charge in [-0.25, -0.2) is 0 Å². The van der Waals surface area contributed by atoms with Crippen LogP contribution in [0.2, 0.25) is 0 Å². The molecule has 2 aromatic carbocycles. The van der Waals surface area contributed by atoms with Crippen LogP contribution in [0.1, 0.15) is 28.4 Å². The maximum atomic E-state index is 12.5. The average molecular weight is 351 g/mol. The summed E-state index contributed by atoms with van der Waals surface area (Å²) in [5.74, 6) is 0.0149. The van der Waals surface area contributed by atoms with E-state index in [1.54, 1.807) is 25.4 Å². The monoisotopic (exact) mass is 351 g/mol. The molecule has 1 aromatic heterocycles. The molecule has 134 valence electrons. The van der Waals surface area contributed by atoms with Crippen LogP contribution in [-0.4, -0.2) is 30.5 Å². The van der Waals surface area contributed by atoms with E-state index in [1.165, 1.54) is 0 Å². The molecule has 0 aliphatic rings. The number of carbonyl (C=O) groups is 2. The number of aromatic nitrogens is 1. The average Bonchev–Trinajstić information content (AvgIpc) is 3.10. The van der Waals surface area contributed by atoms with Gasteiger partial charge in [0, 0.05) is 22.7 Å². The first kappa shape index (κ1) is 17.7. The molecule has 0 aliphatic carbocycles. The minimum Gasteiger partial charge on any atom is -0.497 e. The number of rotatable bonds is 7. The summed E-state index contributed by atoms with van der Waals surface area (Å²) < 4.78 is 10.3. The van der Waals surface area contributed by atoms with Crippen LogP contribution < -0.4 is 4.74 Å². The summed E-state index contributed by atoms with van der Waals surface area (Å²) in [6.45, 7) is 1.80. The minimum absolute atomic E-state index is 0.0956. The number of carbonyl (C=O) groups excluding carboxylic acids is 2. The second kappa shape index (κ2) is 7.87. The van der Waals surface area contributed by atoms with Gasteiger partial charge in [0.05, 0.1) is 13.5 Å². The third-order valence-electron chi connectivity index (χ3n) is 4.33. The van der Waals surface area contributed by atoms with E-state index in [0.29, 0.717) is 11.3 Å². The van der Waals surface area contributed by atoms with Crippen molar-refractivity contribution in [3.8, 4) is 5.75 Å². The van der Waals surface area contributed by atoms with Crippen LogP contribution in [0.4, 0.5) is 0 Å². The van der Waals surface area contributed by atoms with Crippen molar-refractivity contribution < 1.29 is 19.1 Å². The standard InChI is InChI=1S/C21H21NO4/c1-3-15-7-5-9-17-18(12-22-21(15)17)19(23)13-26-20(24)11-14-6-4-8-16(10-14)25-2/h4-10,12,22H,3,11,13H2,1-2H3. The molecular weight excluding hydrogens is 330 g/mol. The Morgan fingerprint density at radius 2 is 1.92 bits per heavy atom. The van der Waals surface area contributed by atoms with Crippen molar-refractivity contribution in [3.63, 3.8) is 0 Å². The number of aryl methyl sites for hydroxylation is 1. The predicted octanol–water partition coefficient (Wildman–Crippen LogP) is 3.71. The normalized spacial score (nSPS) is 10.7. The maximum Gasteiger partial charge on any atom is 0.310 e. The number of nitrogens with one attached hydrogen (secondary N) is 1. The fourth-order valence-corrected chi connectivity index (χ4v) is 2.97. The van der Waals surface area contributed by atoms with E-state index in [0.717, 1.165) is 28.5 Å². The number of hydrogen-bond acceptors (Lipinski definition) is 4. The van der Waals surface area contributed by atoms with Gasteiger partial charge >= 0.3 is 5.97 Å².